The Morgan fingerprint density at radius 2 is 1.96 bits per heavy atom. The quantitative estimate of drug-likeness (QED) is 0.834. The molecule has 2 amide bonds. The molecule has 1 aromatic carbocycles. The fraction of sp³-hybridized carbons (Fsp3) is 0.368. The van der Waals surface area contributed by atoms with Crippen LogP contribution >= 0.6 is 11.3 Å². The second-order valence-electron chi connectivity index (χ2n) is 7.23. The third kappa shape index (κ3) is 4.35. The van der Waals surface area contributed by atoms with Crippen molar-refractivity contribution in [1.82, 2.24) is 10.2 Å². The van der Waals surface area contributed by atoms with Gasteiger partial charge in [0, 0.05) is 30.1 Å². The van der Waals surface area contributed by atoms with E-state index in [2.05, 4.69) is 36.3 Å². The number of amides is 2. The molecule has 1 N–H and O–H groups in total. The maximum atomic E-state index is 12.1. The highest BCUT2D eigenvalue weighted by molar-refractivity contribution is 7.15. The van der Waals surface area contributed by atoms with E-state index in [9.17, 15) is 9.59 Å². The Bertz CT molecular complexity index is 834. The van der Waals surface area contributed by atoms with Gasteiger partial charge in [0.1, 0.15) is 5.01 Å². The zero-order valence-corrected chi connectivity index (χ0v) is 16.0. The fourth-order valence-electron chi connectivity index (χ4n) is 2.58. The van der Waals surface area contributed by atoms with Crippen molar-refractivity contribution in [3.63, 3.8) is 0 Å². The number of carbonyl (C=O) groups is 2. The van der Waals surface area contributed by atoms with Crippen molar-refractivity contribution in [1.29, 1.82) is 0 Å². The largest absolute Gasteiger partial charge is 0.312 e. The maximum Gasteiger partial charge on any atom is 0.250 e. The highest BCUT2D eigenvalue weighted by Crippen LogP contribution is 2.27. The standard InChI is InChI=1S/C19H22N4O2S/c1-19(2,3)17-21-22-18(26-17)20-15(24)11-8-13-6-9-14(10-7-13)23-12-4-5-16(23)25/h6-11H,4-5,12H2,1-3H3,(H,20,22,24)/b11-8+. The summed E-state index contributed by atoms with van der Waals surface area (Å²) in [5.74, 6) is -0.0836. The van der Waals surface area contributed by atoms with Crippen LogP contribution in [-0.4, -0.2) is 28.6 Å². The van der Waals surface area contributed by atoms with Crippen LogP contribution < -0.4 is 10.2 Å². The number of nitrogens with zero attached hydrogens (tertiary/aromatic N) is 3. The number of nitrogens with one attached hydrogen (secondary N) is 1. The molecule has 0 unspecified atom stereocenters. The van der Waals surface area contributed by atoms with E-state index in [4.69, 9.17) is 0 Å². The van der Waals surface area contributed by atoms with E-state index >= 15 is 0 Å². The van der Waals surface area contributed by atoms with Crippen LogP contribution in [0.1, 0.15) is 44.2 Å². The lowest BCUT2D eigenvalue weighted by molar-refractivity contribution is -0.117. The van der Waals surface area contributed by atoms with Crippen molar-refractivity contribution in [3.05, 3.63) is 40.9 Å². The molecule has 3 rings (SSSR count). The monoisotopic (exact) mass is 370 g/mol. The molecule has 7 heteroatoms. The van der Waals surface area contributed by atoms with Crippen LogP contribution in [0, 0.1) is 0 Å². The minimum Gasteiger partial charge on any atom is -0.312 e. The van der Waals surface area contributed by atoms with E-state index in [1.165, 1.54) is 17.4 Å². The van der Waals surface area contributed by atoms with Gasteiger partial charge in [-0.05, 0) is 30.2 Å². The summed E-state index contributed by atoms with van der Waals surface area (Å²) < 4.78 is 0. The van der Waals surface area contributed by atoms with Crippen LogP contribution in [-0.2, 0) is 15.0 Å². The lowest BCUT2D eigenvalue weighted by Gasteiger charge is -2.15. The van der Waals surface area contributed by atoms with Gasteiger partial charge >= 0.3 is 0 Å². The minimum absolute atomic E-state index is 0.0883. The highest BCUT2D eigenvalue weighted by Gasteiger charge is 2.21. The number of hydrogen-bond donors (Lipinski definition) is 1. The topological polar surface area (TPSA) is 75.2 Å². The molecule has 2 heterocycles. The second kappa shape index (κ2) is 7.37. The van der Waals surface area contributed by atoms with Crippen molar-refractivity contribution in [3.8, 4) is 0 Å². The summed E-state index contributed by atoms with van der Waals surface area (Å²) in [5, 5.41) is 12.2. The van der Waals surface area contributed by atoms with Gasteiger partial charge in [-0.15, -0.1) is 10.2 Å². The molecule has 0 atom stereocenters. The molecule has 6 nitrogen and oxygen atoms in total. The van der Waals surface area contributed by atoms with E-state index < -0.39 is 0 Å². The fourth-order valence-corrected chi connectivity index (χ4v) is 3.39. The molecule has 1 aliphatic heterocycles. The van der Waals surface area contributed by atoms with Gasteiger partial charge in [-0.25, -0.2) is 0 Å². The lowest BCUT2D eigenvalue weighted by atomic mass is 9.98. The van der Waals surface area contributed by atoms with Gasteiger partial charge < -0.3 is 4.90 Å². The summed E-state index contributed by atoms with van der Waals surface area (Å²) in [6, 6.07) is 7.60. The molecule has 1 aliphatic rings. The smallest absolute Gasteiger partial charge is 0.250 e. The first-order valence-corrected chi connectivity index (χ1v) is 9.38. The van der Waals surface area contributed by atoms with E-state index in [0.717, 1.165) is 29.2 Å². The molecule has 1 fully saturated rings. The zero-order valence-electron chi connectivity index (χ0n) is 15.2. The molecule has 1 saturated heterocycles. The van der Waals surface area contributed by atoms with E-state index in [1.807, 2.05) is 24.3 Å². The van der Waals surface area contributed by atoms with Crippen LogP contribution in [0.5, 0.6) is 0 Å². The Balaban J connectivity index is 1.59. The Morgan fingerprint density at radius 1 is 1.23 bits per heavy atom. The average molecular weight is 370 g/mol. The second-order valence-corrected chi connectivity index (χ2v) is 8.20. The highest BCUT2D eigenvalue weighted by atomic mass is 32.1. The van der Waals surface area contributed by atoms with E-state index in [-0.39, 0.29) is 17.2 Å². The van der Waals surface area contributed by atoms with Gasteiger partial charge in [0.05, 0.1) is 0 Å². The summed E-state index contributed by atoms with van der Waals surface area (Å²) in [6.45, 7) is 6.93. The first-order valence-electron chi connectivity index (χ1n) is 8.56. The molecular formula is C19H22N4O2S. The molecule has 136 valence electrons. The molecule has 0 spiro atoms. The number of benzene rings is 1. The van der Waals surface area contributed by atoms with Gasteiger partial charge in [0.25, 0.3) is 0 Å². The summed E-state index contributed by atoms with van der Waals surface area (Å²) in [7, 11) is 0. The molecule has 2 aromatic rings. The van der Waals surface area contributed by atoms with Gasteiger partial charge in [-0.3, -0.25) is 14.9 Å². The van der Waals surface area contributed by atoms with Gasteiger partial charge in [0.15, 0.2) is 0 Å². The predicted octanol–water partition coefficient (Wildman–Crippen LogP) is 3.61. The molecular weight excluding hydrogens is 348 g/mol. The van der Waals surface area contributed by atoms with Crippen molar-refractivity contribution in [2.45, 2.75) is 39.0 Å². The average Bonchev–Trinajstić information content (AvgIpc) is 3.22. The Hall–Kier alpha value is -2.54. The summed E-state index contributed by atoms with van der Waals surface area (Å²) in [5.41, 5.74) is 1.70. The van der Waals surface area contributed by atoms with Crippen LogP contribution in [0.2, 0.25) is 0 Å². The van der Waals surface area contributed by atoms with Crippen LogP contribution in [0.15, 0.2) is 30.3 Å². The SMILES string of the molecule is CC(C)(C)c1nnc(NC(=O)/C=C/c2ccc(N3CCCC3=O)cc2)s1. The number of hydrogen-bond acceptors (Lipinski definition) is 5. The molecule has 26 heavy (non-hydrogen) atoms. The number of anilines is 2. The van der Waals surface area contributed by atoms with Crippen LogP contribution in [0.3, 0.4) is 0 Å². The molecule has 0 aliphatic carbocycles. The Labute approximate surface area is 156 Å². The molecule has 0 bridgehead atoms. The van der Waals surface area contributed by atoms with E-state index in [1.54, 1.807) is 11.0 Å². The normalized spacial score (nSPS) is 15.0. The predicted molar refractivity (Wildman–Crippen MR) is 104 cm³/mol. The van der Waals surface area contributed by atoms with E-state index in [0.29, 0.717) is 11.6 Å². The zero-order chi connectivity index (χ0) is 18.7. The van der Waals surface area contributed by atoms with Crippen molar-refractivity contribution in [2.75, 3.05) is 16.8 Å². The first-order chi connectivity index (χ1) is 12.3. The summed E-state index contributed by atoms with van der Waals surface area (Å²) in [4.78, 5) is 25.6. The first kappa shape index (κ1) is 18.3. The van der Waals surface area contributed by atoms with Gasteiger partial charge in [0.2, 0.25) is 16.9 Å². The Morgan fingerprint density at radius 3 is 2.54 bits per heavy atom. The third-order valence-corrected chi connectivity index (χ3v) is 5.27. The number of rotatable bonds is 4. The molecule has 0 saturated carbocycles. The lowest BCUT2D eigenvalue weighted by Crippen LogP contribution is -2.23. The van der Waals surface area contributed by atoms with Gasteiger partial charge in [-0.1, -0.05) is 44.2 Å². The molecule has 0 radical (unpaired) electrons. The Kier molecular flexibility index (Phi) is 5.18. The van der Waals surface area contributed by atoms with Crippen molar-refractivity contribution in [2.24, 2.45) is 0 Å². The van der Waals surface area contributed by atoms with Crippen LogP contribution in [0.25, 0.3) is 6.08 Å². The number of aromatic nitrogens is 2. The molecule has 1 aromatic heterocycles. The third-order valence-electron chi connectivity index (χ3n) is 4.00. The van der Waals surface area contributed by atoms with Crippen molar-refractivity contribution < 1.29 is 9.59 Å². The minimum atomic E-state index is -0.250. The van der Waals surface area contributed by atoms with Crippen LogP contribution in [0.4, 0.5) is 10.8 Å². The van der Waals surface area contributed by atoms with Crippen molar-refractivity contribution >= 4 is 40.0 Å². The number of carbonyl (C=O) groups excluding carboxylic acids is 2. The van der Waals surface area contributed by atoms with Gasteiger partial charge in [-0.2, -0.15) is 0 Å². The maximum absolute atomic E-state index is 12.1. The summed E-state index contributed by atoms with van der Waals surface area (Å²) in [6.07, 6.45) is 4.72. The summed E-state index contributed by atoms with van der Waals surface area (Å²) >= 11 is 1.38.